The topological polar surface area (TPSA) is 50.8 Å². The predicted molar refractivity (Wildman–Crippen MR) is 134 cm³/mol. The fourth-order valence-corrected chi connectivity index (χ4v) is 5.17. The van der Waals surface area contributed by atoms with Crippen molar-refractivity contribution >= 4 is 5.91 Å². The van der Waals surface area contributed by atoms with Crippen LogP contribution in [0.1, 0.15) is 55.4 Å². The second-order valence-electron chi connectivity index (χ2n) is 10.4. The highest BCUT2D eigenvalue weighted by atomic mass is 19.4. The van der Waals surface area contributed by atoms with Crippen molar-refractivity contribution in [2.45, 2.75) is 58.6 Å². The molecule has 2 aromatic carbocycles. The Morgan fingerprint density at radius 1 is 0.897 bits per heavy atom. The number of hydrogen-bond acceptors (Lipinski definition) is 4. The van der Waals surface area contributed by atoms with Gasteiger partial charge in [0.05, 0.1) is 30.8 Å². The Bertz CT molecular complexity index is 1110. The van der Waals surface area contributed by atoms with Gasteiger partial charge in [-0.15, -0.1) is 0 Å². The number of alkyl halides is 6. The van der Waals surface area contributed by atoms with Crippen LogP contribution in [0, 0.1) is 11.3 Å². The number of amides is 1. The Hall–Kier alpha value is -2.95. The van der Waals surface area contributed by atoms with Gasteiger partial charge in [0.25, 0.3) is 0 Å². The third-order valence-corrected chi connectivity index (χ3v) is 7.05. The molecule has 0 bridgehead atoms. The molecule has 0 aromatic heterocycles. The normalized spacial score (nSPS) is 16.3. The number of piperidine rings is 1. The summed E-state index contributed by atoms with van der Waals surface area (Å²) < 4.78 is 90.0. The van der Waals surface area contributed by atoms with Gasteiger partial charge in [-0.2, -0.15) is 26.3 Å². The molecule has 3 rings (SSSR count). The molecule has 0 atom stereocenters. The SMILES string of the molecule is COc1ccc(CN2CCC(CC(C)C)(C(=O)NCc3cc(C(F)(F)F)cc(C(F)(F)F)c3)CC2)cc1OC. The number of carbonyl (C=O) groups is 1. The first kappa shape index (κ1) is 30.6. The molecule has 1 aliphatic heterocycles. The smallest absolute Gasteiger partial charge is 0.416 e. The third kappa shape index (κ3) is 7.80. The van der Waals surface area contributed by atoms with E-state index in [1.54, 1.807) is 14.2 Å². The zero-order valence-electron chi connectivity index (χ0n) is 22.4. The molecule has 1 heterocycles. The summed E-state index contributed by atoms with van der Waals surface area (Å²) in [6, 6.07) is 7.04. The lowest BCUT2D eigenvalue weighted by Crippen LogP contribution is -2.49. The summed E-state index contributed by atoms with van der Waals surface area (Å²) in [4.78, 5) is 15.6. The molecule has 0 unspecified atom stereocenters. The van der Waals surface area contributed by atoms with Gasteiger partial charge in [0, 0.05) is 13.1 Å². The number of methoxy groups -OCH3 is 2. The lowest BCUT2D eigenvalue weighted by atomic mass is 9.71. The molecule has 1 saturated heterocycles. The number of nitrogens with one attached hydrogen (secondary N) is 1. The molecule has 0 radical (unpaired) electrons. The van der Waals surface area contributed by atoms with Gasteiger partial charge in [-0.1, -0.05) is 19.9 Å². The molecule has 1 N–H and O–H groups in total. The fourth-order valence-electron chi connectivity index (χ4n) is 5.17. The summed E-state index contributed by atoms with van der Waals surface area (Å²) in [5.74, 6) is 1.05. The summed E-state index contributed by atoms with van der Waals surface area (Å²) in [6.07, 6.45) is -8.31. The first-order valence-electron chi connectivity index (χ1n) is 12.7. The van der Waals surface area contributed by atoms with Crippen LogP contribution in [0.15, 0.2) is 36.4 Å². The Morgan fingerprint density at radius 2 is 1.46 bits per heavy atom. The van der Waals surface area contributed by atoms with E-state index in [0.29, 0.717) is 62.5 Å². The lowest BCUT2D eigenvalue weighted by molar-refractivity contribution is -0.143. The van der Waals surface area contributed by atoms with Crippen molar-refractivity contribution in [2.24, 2.45) is 11.3 Å². The molecule has 0 saturated carbocycles. The van der Waals surface area contributed by atoms with Gasteiger partial charge < -0.3 is 14.8 Å². The van der Waals surface area contributed by atoms with E-state index < -0.39 is 35.4 Å². The van der Waals surface area contributed by atoms with Crippen LogP contribution >= 0.6 is 0 Å². The minimum Gasteiger partial charge on any atom is -0.493 e. The molecule has 1 fully saturated rings. The highest BCUT2D eigenvalue weighted by Gasteiger charge is 2.42. The van der Waals surface area contributed by atoms with Gasteiger partial charge in [-0.3, -0.25) is 9.69 Å². The van der Waals surface area contributed by atoms with Crippen molar-refractivity contribution in [1.82, 2.24) is 10.2 Å². The fraction of sp³-hybridized carbons (Fsp3) is 0.536. The van der Waals surface area contributed by atoms with E-state index in [4.69, 9.17) is 9.47 Å². The number of rotatable bonds is 9. The van der Waals surface area contributed by atoms with E-state index in [1.807, 2.05) is 32.0 Å². The summed E-state index contributed by atoms with van der Waals surface area (Å²) >= 11 is 0. The lowest BCUT2D eigenvalue weighted by Gasteiger charge is -2.41. The van der Waals surface area contributed by atoms with Crippen molar-refractivity contribution in [3.8, 4) is 11.5 Å². The molecule has 11 heteroatoms. The van der Waals surface area contributed by atoms with Gasteiger partial charge in [-0.05, 0) is 79.7 Å². The number of carbonyl (C=O) groups excluding carboxylic acids is 1. The monoisotopic (exact) mass is 560 g/mol. The van der Waals surface area contributed by atoms with Crippen LogP contribution in [-0.2, 0) is 30.2 Å². The van der Waals surface area contributed by atoms with E-state index in [2.05, 4.69) is 10.2 Å². The summed E-state index contributed by atoms with van der Waals surface area (Å²) in [6.45, 7) is 5.37. The Labute approximate surface area is 224 Å². The molecule has 0 aliphatic carbocycles. The van der Waals surface area contributed by atoms with Crippen LogP contribution in [-0.4, -0.2) is 38.1 Å². The number of halogens is 6. The summed E-state index contributed by atoms with van der Waals surface area (Å²) in [5.41, 5.74) is -2.81. The summed E-state index contributed by atoms with van der Waals surface area (Å²) in [5, 5.41) is 2.64. The minimum absolute atomic E-state index is 0.0830. The van der Waals surface area contributed by atoms with E-state index in [0.717, 1.165) is 5.56 Å². The van der Waals surface area contributed by atoms with Crippen molar-refractivity contribution in [1.29, 1.82) is 0 Å². The van der Waals surface area contributed by atoms with Crippen LogP contribution in [0.4, 0.5) is 26.3 Å². The molecule has 1 amide bonds. The quantitative estimate of drug-likeness (QED) is 0.348. The van der Waals surface area contributed by atoms with E-state index >= 15 is 0 Å². The maximum atomic E-state index is 13.4. The van der Waals surface area contributed by atoms with Crippen LogP contribution in [0.25, 0.3) is 0 Å². The van der Waals surface area contributed by atoms with Crippen LogP contribution in [0.2, 0.25) is 0 Å². The molecular formula is C28H34F6N2O3. The number of nitrogens with zero attached hydrogens (tertiary/aromatic N) is 1. The van der Waals surface area contributed by atoms with Gasteiger partial charge >= 0.3 is 12.4 Å². The second-order valence-corrected chi connectivity index (χ2v) is 10.4. The average molecular weight is 561 g/mol. The van der Waals surface area contributed by atoms with Gasteiger partial charge in [0.2, 0.25) is 5.91 Å². The molecule has 2 aromatic rings. The first-order valence-corrected chi connectivity index (χ1v) is 12.7. The zero-order valence-corrected chi connectivity index (χ0v) is 22.4. The van der Waals surface area contributed by atoms with E-state index in [9.17, 15) is 31.1 Å². The number of hydrogen-bond donors (Lipinski definition) is 1. The number of benzene rings is 2. The van der Waals surface area contributed by atoms with Crippen LogP contribution in [0.5, 0.6) is 11.5 Å². The van der Waals surface area contributed by atoms with Crippen LogP contribution < -0.4 is 14.8 Å². The molecule has 0 spiro atoms. The van der Waals surface area contributed by atoms with Gasteiger partial charge in [0.15, 0.2) is 11.5 Å². The van der Waals surface area contributed by atoms with E-state index in [-0.39, 0.29) is 23.5 Å². The molecule has 39 heavy (non-hydrogen) atoms. The molecule has 216 valence electrons. The molecule has 1 aliphatic rings. The number of likely N-dealkylation sites (tertiary alicyclic amines) is 1. The van der Waals surface area contributed by atoms with Crippen molar-refractivity contribution in [3.05, 3.63) is 58.7 Å². The van der Waals surface area contributed by atoms with Crippen LogP contribution in [0.3, 0.4) is 0 Å². The minimum atomic E-state index is -4.94. The molecular weight excluding hydrogens is 526 g/mol. The highest BCUT2D eigenvalue weighted by Crippen LogP contribution is 2.40. The van der Waals surface area contributed by atoms with Gasteiger partial charge in [0.1, 0.15) is 0 Å². The van der Waals surface area contributed by atoms with E-state index in [1.165, 1.54) is 0 Å². The third-order valence-electron chi connectivity index (χ3n) is 7.05. The number of ether oxygens (including phenoxy) is 2. The Kier molecular flexibility index (Phi) is 9.46. The Morgan fingerprint density at radius 3 is 1.95 bits per heavy atom. The predicted octanol–water partition coefficient (Wildman–Crippen LogP) is 6.69. The Balaban J connectivity index is 1.72. The zero-order chi connectivity index (χ0) is 29.0. The standard InChI is InChI=1S/C28H34F6N2O3/c1-18(2)15-26(7-9-36(10-8-26)17-19-5-6-23(38-3)24(13-19)39-4)25(37)35-16-20-11-21(27(29,30)31)14-22(12-20)28(32,33)34/h5-6,11-14,18H,7-10,15-17H2,1-4H3,(H,35,37). The maximum absolute atomic E-state index is 13.4. The average Bonchev–Trinajstić information content (AvgIpc) is 2.86. The maximum Gasteiger partial charge on any atom is 0.416 e. The highest BCUT2D eigenvalue weighted by molar-refractivity contribution is 5.82. The van der Waals surface area contributed by atoms with Crippen molar-refractivity contribution in [2.75, 3.05) is 27.3 Å². The van der Waals surface area contributed by atoms with Crippen molar-refractivity contribution < 1.29 is 40.6 Å². The van der Waals surface area contributed by atoms with Gasteiger partial charge in [-0.25, -0.2) is 0 Å². The largest absolute Gasteiger partial charge is 0.493 e. The summed E-state index contributed by atoms with van der Waals surface area (Å²) in [7, 11) is 3.12. The van der Waals surface area contributed by atoms with Crippen molar-refractivity contribution in [3.63, 3.8) is 0 Å². The second kappa shape index (κ2) is 12.1. The molecule has 5 nitrogen and oxygen atoms in total. The first-order chi connectivity index (χ1) is 18.2.